The monoisotopic (exact) mass is 368 g/mol. The molecular weight excluding hydrogens is 348 g/mol. The summed E-state index contributed by atoms with van der Waals surface area (Å²) in [4.78, 5) is 37.7. The quantitative estimate of drug-likeness (QED) is 0.748. The van der Waals surface area contributed by atoms with Crippen molar-refractivity contribution >= 4 is 23.2 Å². The number of hydrogen-bond donors (Lipinski definition) is 3. The Morgan fingerprint density at radius 2 is 2.04 bits per heavy atom. The number of aromatic amines is 1. The molecule has 2 amide bonds. The second-order valence-electron chi connectivity index (χ2n) is 6.15. The number of methoxy groups -OCH3 is 1. The van der Waals surface area contributed by atoms with Crippen LogP contribution in [0.4, 0.5) is 5.69 Å². The zero-order chi connectivity index (χ0) is 19.4. The minimum Gasteiger partial charge on any atom is -0.496 e. The van der Waals surface area contributed by atoms with E-state index in [0.717, 1.165) is 17.7 Å². The molecule has 0 bridgehead atoms. The number of carbonyl (C=O) groups is 2. The summed E-state index contributed by atoms with van der Waals surface area (Å²) in [5.74, 6) is -0.204. The molecule has 140 valence electrons. The topological polar surface area (TPSA) is 113 Å². The summed E-state index contributed by atoms with van der Waals surface area (Å²) < 4.78 is 5.09. The van der Waals surface area contributed by atoms with Crippen molar-refractivity contribution in [3.63, 3.8) is 0 Å². The molecule has 0 aliphatic carbocycles. The highest BCUT2D eigenvalue weighted by Gasteiger charge is 2.24. The molecule has 0 spiro atoms. The van der Waals surface area contributed by atoms with Gasteiger partial charge in [0.15, 0.2) is 0 Å². The van der Waals surface area contributed by atoms with Gasteiger partial charge in [-0.15, -0.1) is 0 Å². The highest BCUT2D eigenvalue weighted by molar-refractivity contribution is 6.07. The number of ether oxygens (including phenoxy) is 1. The maximum Gasteiger partial charge on any atom is 0.260 e. The van der Waals surface area contributed by atoms with Crippen LogP contribution in [-0.4, -0.2) is 29.6 Å². The average molecular weight is 368 g/mol. The van der Waals surface area contributed by atoms with Gasteiger partial charge >= 0.3 is 0 Å². The largest absolute Gasteiger partial charge is 0.496 e. The summed E-state index contributed by atoms with van der Waals surface area (Å²) in [5, 5.41) is 6.95. The van der Waals surface area contributed by atoms with Crippen LogP contribution in [0.15, 0.2) is 46.4 Å². The van der Waals surface area contributed by atoms with Crippen LogP contribution >= 0.6 is 0 Å². The number of anilines is 1. The van der Waals surface area contributed by atoms with Gasteiger partial charge in [0.2, 0.25) is 5.91 Å². The summed E-state index contributed by atoms with van der Waals surface area (Å²) in [5.41, 5.74) is 4.71. The van der Waals surface area contributed by atoms with E-state index in [-0.39, 0.29) is 28.7 Å². The van der Waals surface area contributed by atoms with Crippen molar-refractivity contribution in [1.82, 2.24) is 10.4 Å². The summed E-state index contributed by atoms with van der Waals surface area (Å²) in [6.45, 7) is 2.02. The van der Waals surface area contributed by atoms with Gasteiger partial charge in [-0.1, -0.05) is 19.1 Å². The van der Waals surface area contributed by atoms with Gasteiger partial charge in [0.25, 0.3) is 11.5 Å². The Hall–Kier alpha value is -3.42. The highest BCUT2D eigenvalue weighted by Crippen LogP contribution is 2.22. The molecule has 3 rings (SSSR count). The molecule has 1 atom stereocenters. The summed E-state index contributed by atoms with van der Waals surface area (Å²) >= 11 is 0. The zero-order valence-corrected chi connectivity index (χ0v) is 15.0. The first-order chi connectivity index (χ1) is 13.0. The second kappa shape index (κ2) is 7.86. The van der Waals surface area contributed by atoms with Crippen molar-refractivity contribution in [2.75, 3.05) is 12.4 Å². The summed E-state index contributed by atoms with van der Waals surface area (Å²) in [6, 6.07) is 8.43. The lowest BCUT2D eigenvalue weighted by molar-refractivity contribution is -0.122. The van der Waals surface area contributed by atoms with Gasteiger partial charge in [-0.3, -0.25) is 14.4 Å². The molecular formula is C19H20N4O4. The van der Waals surface area contributed by atoms with E-state index in [1.807, 2.05) is 19.1 Å². The molecule has 0 saturated carbocycles. The predicted molar refractivity (Wildman–Crippen MR) is 101 cm³/mol. The third-order valence-corrected chi connectivity index (χ3v) is 4.40. The van der Waals surface area contributed by atoms with Crippen LogP contribution in [0.2, 0.25) is 0 Å². The number of aromatic nitrogens is 1. The van der Waals surface area contributed by atoms with Crippen LogP contribution in [0.1, 0.15) is 35.7 Å². The number of pyridine rings is 1. The van der Waals surface area contributed by atoms with E-state index in [4.69, 9.17) is 4.74 Å². The van der Waals surface area contributed by atoms with Gasteiger partial charge in [-0.05, 0) is 24.1 Å². The standard InChI is InChI=1S/C19H20N4O4/c1-3-11-8-17(25)22-23-18(11)12-4-6-13(7-5-12)21-19(26)14-10-20-16(24)9-15(14)27-2/h4-7,9-11H,3,8H2,1-2H3,(H,20,24)(H,21,26)(H,22,25). The number of H-pyrrole nitrogens is 1. The Labute approximate surface area is 155 Å². The van der Waals surface area contributed by atoms with E-state index in [9.17, 15) is 14.4 Å². The number of benzene rings is 1. The number of carbonyl (C=O) groups excluding carboxylic acids is 2. The fourth-order valence-electron chi connectivity index (χ4n) is 2.94. The molecule has 1 aliphatic rings. The van der Waals surface area contributed by atoms with Gasteiger partial charge < -0.3 is 15.0 Å². The Morgan fingerprint density at radius 1 is 1.30 bits per heavy atom. The van der Waals surface area contributed by atoms with E-state index in [2.05, 4.69) is 20.8 Å². The Morgan fingerprint density at radius 3 is 2.70 bits per heavy atom. The van der Waals surface area contributed by atoms with E-state index in [1.54, 1.807) is 12.1 Å². The Kier molecular flexibility index (Phi) is 5.35. The first kappa shape index (κ1) is 18.4. The van der Waals surface area contributed by atoms with Gasteiger partial charge in [-0.25, -0.2) is 5.43 Å². The van der Waals surface area contributed by atoms with Crippen LogP contribution in [0.25, 0.3) is 0 Å². The fourth-order valence-corrected chi connectivity index (χ4v) is 2.94. The lowest BCUT2D eigenvalue weighted by atomic mass is 9.90. The fraction of sp³-hybridized carbons (Fsp3) is 0.263. The average Bonchev–Trinajstić information content (AvgIpc) is 2.68. The molecule has 2 aromatic rings. The molecule has 27 heavy (non-hydrogen) atoms. The molecule has 0 radical (unpaired) electrons. The SMILES string of the molecule is CCC1CC(=O)NN=C1c1ccc(NC(=O)c2c[nH]c(=O)cc2OC)cc1. The molecule has 8 nitrogen and oxygen atoms in total. The van der Waals surface area contributed by atoms with Gasteiger partial charge in [-0.2, -0.15) is 5.10 Å². The molecule has 0 saturated heterocycles. The number of rotatable bonds is 5. The van der Waals surface area contributed by atoms with Crippen molar-refractivity contribution in [1.29, 1.82) is 0 Å². The normalized spacial score (nSPS) is 16.3. The van der Waals surface area contributed by atoms with Crippen LogP contribution in [0.5, 0.6) is 5.75 Å². The van der Waals surface area contributed by atoms with Crippen molar-refractivity contribution in [2.45, 2.75) is 19.8 Å². The molecule has 3 N–H and O–H groups in total. The van der Waals surface area contributed by atoms with Crippen LogP contribution < -0.4 is 21.0 Å². The molecule has 1 aromatic carbocycles. The number of nitrogens with zero attached hydrogens (tertiary/aromatic N) is 1. The molecule has 1 aromatic heterocycles. The minimum atomic E-state index is -0.399. The Bertz CT molecular complexity index is 947. The smallest absolute Gasteiger partial charge is 0.260 e. The van der Waals surface area contributed by atoms with Gasteiger partial charge in [0, 0.05) is 30.3 Å². The highest BCUT2D eigenvalue weighted by atomic mass is 16.5. The van der Waals surface area contributed by atoms with E-state index in [0.29, 0.717) is 12.1 Å². The van der Waals surface area contributed by atoms with Crippen LogP contribution in [0, 0.1) is 5.92 Å². The third kappa shape index (κ3) is 4.05. The molecule has 8 heteroatoms. The minimum absolute atomic E-state index is 0.0737. The first-order valence-electron chi connectivity index (χ1n) is 8.56. The predicted octanol–water partition coefficient (Wildman–Crippen LogP) is 1.89. The maximum atomic E-state index is 12.4. The van der Waals surface area contributed by atoms with Gasteiger partial charge in [0.1, 0.15) is 5.75 Å². The van der Waals surface area contributed by atoms with E-state index >= 15 is 0 Å². The Balaban J connectivity index is 1.77. The molecule has 2 heterocycles. The first-order valence-corrected chi connectivity index (χ1v) is 8.56. The van der Waals surface area contributed by atoms with E-state index in [1.165, 1.54) is 19.4 Å². The molecule has 1 aliphatic heterocycles. The van der Waals surface area contributed by atoms with Crippen molar-refractivity contribution in [3.8, 4) is 5.75 Å². The lowest BCUT2D eigenvalue weighted by Gasteiger charge is -2.21. The second-order valence-corrected chi connectivity index (χ2v) is 6.15. The molecule has 0 fully saturated rings. The lowest BCUT2D eigenvalue weighted by Crippen LogP contribution is -2.33. The summed E-state index contributed by atoms with van der Waals surface area (Å²) in [7, 11) is 1.40. The number of hydrazone groups is 1. The van der Waals surface area contributed by atoms with Crippen LogP contribution in [0.3, 0.4) is 0 Å². The van der Waals surface area contributed by atoms with Crippen LogP contribution in [-0.2, 0) is 4.79 Å². The number of nitrogens with one attached hydrogen (secondary N) is 3. The number of hydrogen-bond acceptors (Lipinski definition) is 5. The maximum absolute atomic E-state index is 12.4. The van der Waals surface area contributed by atoms with E-state index < -0.39 is 5.91 Å². The summed E-state index contributed by atoms with van der Waals surface area (Å²) in [6.07, 6.45) is 2.55. The van der Waals surface area contributed by atoms with Crippen molar-refractivity contribution < 1.29 is 14.3 Å². The van der Waals surface area contributed by atoms with Crippen molar-refractivity contribution in [3.05, 3.63) is 58.0 Å². The van der Waals surface area contributed by atoms with Gasteiger partial charge in [0.05, 0.1) is 18.4 Å². The van der Waals surface area contributed by atoms with Crippen molar-refractivity contribution in [2.24, 2.45) is 11.0 Å². The third-order valence-electron chi connectivity index (χ3n) is 4.40. The molecule has 1 unspecified atom stereocenters. The number of amides is 2. The zero-order valence-electron chi connectivity index (χ0n) is 15.0.